The van der Waals surface area contributed by atoms with E-state index in [0.29, 0.717) is 6.42 Å². The van der Waals surface area contributed by atoms with Gasteiger partial charge in [0.05, 0.1) is 9.88 Å². The second kappa shape index (κ2) is 8.18. The Morgan fingerprint density at radius 3 is 2.68 bits per heavy atom. The van der Waals surface area contributed by atoms with Crippen molar-refractivity contribution in [2.24, 2.45) is 0 Å². The summed E-state index contributed by atoms with van der Waals surface area (Å²) in [6.45, 7) is 12.8. The van der Waals surface area contributed by atoms with E-state index in [0.717, 1.165) is 58.7 Å². The Labute approximate surface area is 187 Å². The first-order valence-electron chi connectivity index (χ1n) is 10.9. The van der Waals surface area contributed by atoms with E-state index < -0.39 is 0 Å². The van der Waals surface area contributed by atoms with Crippen molar-refractivity contribution in [3.05, 3.63) is 17.5 Å². The molecule has 0 aromatic carbocycles. The van der Waals surface area contributed by atoms with E-state index in [-0.39, 0.29) is 17.4 Å². The summed E-state index contributed by atoms with van der Waals surface area (Å²) >= 11 is 1.68. The zero-order valence-electron chi connectivity index (χ0n) is 19.2. The quantitative estimate of drug-likeness (QED) is 0.600. The van der Waals surface area contributed by atoms with Gasteiger partial charge >= 0.3 is 0 Å². The highest BCUT2D eigenvalue weighted by atomic mass is 32.1. The molecule has 1 fully saturated rings. The van der Waals surface area contributed by atoms with Gasteiger partial charge in [0.2, 0.25) is 5.91 Å². The molecule has 3 aromatic heterocycles. The smallest absolute Gasteiger partial charge is 0.222 e. The van der Waals surface area contributed by atoms with Crippen molar-refractivity contribution >= 4 is 34.2 Å². The third kappa shape index (κ3) is 3.91. The second-order valence-corrected chi connectivity index (χ2v) is 10.1. The molecule has 1 amide bonds. The minimum atomic E-state index is 0.00142. The fraction of sp³-hybridized carbons (Fsp3) is 0.591. The number of amides is 1. The molecule has 166 valence electrons. The summed E-state index contributed by atoms with van der Waals surface area (Å²) < 4.78 is 2.13. The number of hydrogen-bond donors (Lipinski definition) is 0. The number of anilines is 1. The lowest BCUT2D eigenvalue weighted by atomic mass is 9.98. The van der Waals surface area contributed by atoms with Crippen LogP contribution in [0.2, 0.25) is 0 Å². The molecule has 9 heteroatoms. The van der Waals surface area contributed by atoms with Gasteiger partial charge < -0.3 is 14.4 Å². The van der Waals surface area contributed by atoms with Crippen molar-refractivity contribution in [3.63, 3.8) is 0 Å². The zero-order chi connectivity index (χ0) is 22.3. The topological polar surface area (TPSA) is 80.0 Å². The van der Waals surface area contributed by atoms with Crippen LogP contribution in [0.25, 0.3) is 21.9 Å². The van der Waals surface area contributed by atoms with E-state index in [4.69, 9.17) is 4.98 Å². The van der Waals surface area contributed by atoms with Crippen LogP contribution in [0.3, 0.4) is 0 Å². The predicted molar refractivity (Wildman–Crippen MR) is 124 cm³/mol. The number of fused-ring (bicyclic) bond motifs is 1. The molecule has 4 rings (SSSR count). The molecule has 4 heterocycles. The third-order valence-electron chi connectivity index (χ3n) is 5.90. The van der Waals surface area contributed by atoms with E-state index in [1.54, 1.807) is 17.7 Å². The number of rotatable bonds is 5. The number of likely N-dealkylation sites (tertiary alicyclic amines) is 1. The SMILES string of the molecule is CCC(=O)N1CCC(N(C)c2ncnc3c2nc(-c2cnc(C(C)(C)C)s2)n3CC)C1. The first-order valence-corrected chi connectivity index (χ1v) is 11.7. The molecule has 1 aliphatic rings. The number of nitrogens with zero attached hydrogens (tertiary/aromatic N) is 7. The lowest BCUT2D eigenvalue weighted by Gasteiger charge is -2.25. The largest absolute Gasteiger partial charge is 0.353 e. The van der Waals surface area contributed by atoms with Crippen LogP contribution in [0.5, 0.6) is 0 Å². The minimum absolute atomic E-state index is 0.00142. The van der Waals surface area contributed by atoms with E-state index in [1.165, 1.54) is 0 Å². The van der Waals surface area contributed by atoms with Gasteiger partial charge in [-0.05, 0) is 13.3 Å². The summed E-state index contributed by atoms with van der Waals surface area (Å²) in [5, 5.41) is 1.09. The molecule has 0 aliphatic carbocycles. The maximum Gasteiger partial charge on any atom is 0.222 e. The van der Waals surface area contributed by atoms with Crippen LogP contribution in [0, 0.1) is 0 Å². The Morgan fingerprint density at radius 2 is 2.03 bits per heavy atom. The highest BCUT2D eigenvalue weighted by Crippen LogP contribution is 2.35. The average Bonchev–Trinajstić information content (AvgIpc) is 3.49. The van der Waals surface area contributed by atoms with Gasteiger partial charge in [0.1, 0.15) is 6.33 Å². The normalized spacial score (nSPS) is 17.0. The molecule has 0 bridgehead atoms. The molecular weight excluding hydrogens is 410 g/mol. The number of thiazole rings is 1. The van der Waals surface area contributed by atoms with Crippen LogP contribution in [0.1, 0.15) is 52.5 Å². The molecule has 0 saturated carbocycles. The molecule has 3 aromatic rings. The van der Waals surface area contributed by atoms with E-state index in [9.17, 15) is 4.79 Å². The van der Waals surface area contributed by atoms with Crippen LogP contribution >= 0.6 is 11.3 Å². The number of aromatic nitrogens is 5. The molecule has 0 spiro atoms. The number of aryl methyl sites for hydroxylation is 1. The zero-order valence-corrected chi connectivity index (χ0v) is 20.0. The van der Waals surface area contributed by atoms with Crippen molar-refractivity contribution < 1.29 is 4.79 Å². The lowest BCUT2D eigenvalue weighted by Crippen LogP contribution is -2.37. The van der Waals surface area contributed by atoms with Gasteiger partial charge in [-0.1, -0.05) is 27.7 Å². The summed E-state index contributed by atoms with van der Waals surface area (Å²) in [5.41, 5.74) is 1.63. The van der Waals surface area contributed by atoms with Crippen LogP contribution in [0.4, 0.5) is 5.82 Å². The van der Waals surface area contributed by atoms with Crippen LogP contribution < -0.4 is 4.90 Å². The van der Waals surface area contributed by atoms with Crippen LogP contribution in [-0.2, 0) is 16.8 Å². The maximum absolute atomic E-state index is 12.1. The van der Waals surface area contributed by atoms with E-state index in [2.05, 4.69) is 52.1 Å². The highest BCUT2D eigenvalue weighted by Gasteiger charge is 2.31. The van der Waals surface area contributed by atoms with Crippen molar-refractivity contribution in [2.45, 2.75) is 65.5 Å². The second-order valence-electron chi connectivity index (χ2n) is 9.08. The molecule has 1 atom stereocenters. The minimum Gasteiger partial charge on any atom is -0.353 e. The molecule has 1 aliphatic heterocycles. The summed E-state index contributed by atoms with van der Waals surface area (Å²) in [5.74, 6) is 1.91. The molecular formula is C22H31N7OS. The van der Waals surface area contributed by atoms with Crippen molar-refractivity contribution in [2.75, 3.05) is 25.0 Å². The fourth-order valence-electron chi connectivity index (χ4n) is 4.08. The molecule has 1 unspecified atom stereocenters. The van der Waals surface area contributed by atoms with Crippen molar-refractivity contribution in [1.82, 2.24) is 29.4 Å². The molecule has 8 nitrogen and oxygen atoms in total. The van der Waals surface area contributed by atoms with Gasteiger partial charge in [-0.3, -0.25) is 4.79 Å². The van der Waals surface area contributed by atoms with Crippen LogP contribution in [0.15, 0.2) is 12.5 Å². The van der Waals surface area contributed by atoms with Crippen LogP contribution in [-0.4, -0.2) is 61.5 Å². The third-order valence-corrected chi connectivity index (χ3v) is 7.32. The van der Waals surface area contributed by atoms with Crippen molar-refractivity contribution in [3.8, 4) is 10.7 Å². The standard InChI is InChI=1S/C22H31N7OS/c1-7-16(30)28-10-9-14(12-28)27(6)19-17-20(25-13-24-19)29(8-2)18(26-17)15-11-23-21(31-15)22(3,4)5/h11,13-14H,7-10,12H2,1-6H3. The molecule has 31 heavy (non-hydrogen) atoms. The van der Waals surface area contributed by atoms with Gasteiger partial charge in [-0.2, -0.15) is 0 Å². The number of carbonyl (C=O) groups excluding carboxylic acids is 1. The number of likely N-dealkylation sites (N-methyl/N-ethyl adjacent to an activating group) is 1. The molecule has 0 radical (unpaired) electrons. The summed E-state index contributed by atoms with van der Waals surface area (Å²) in [7, 11) is 2.04. The predicted octanol–water partition coefficient (Wildman–Crippen LogP) is 3.71. The van der Waals surface area contributed by atoms with Gasteiger partial charge in [-0.15, -0.1) is 11.3 Å². The van der Waals surface area contributed by atoms with Gasteiger partial charge in [0, 0.05) is 50.8 Å². The Bertz CT molecular complexity index is 1100. The monoisotopic (exact) mass is 441 g/mol. The molecule has 0 N–H and O–H groups in total. The molecule has 1 saturated heterocycles. The first kappa shape index (κ1) is 21.7. The lowest BCUT2D eigenvalue weighted by molar-refractivity contribution is -0.129. The summed E-state index contributed by atoms with van der Waals surface area (Å²) in [6.07, 6.45) is 5.01. The maximum atomic E-state index is 12.1. The van der Waals surface area contributed by atoms with Gasteiger partial charge in [0.25, 0.3) is 0 Å². The van der Waals surface area contributed by atoms with Gasteiger partial charge in [-0.25, -0.2) is 19.9 Å². The Morgan fingerprint density at radius 1 is 1.26 bits per heavy atom. The fourth-order valence-corrected chi connectivity index (χ4v) is 5.05. The van der Waals surface area contributed by atoms with E-state index in [1.807, 2.05) is 25.1 Å². The first-order chi connectivity index (χ1) is 14.7. The Balaban J connectivity index is 1.72. The summed E-state index contributed by atoms with van der Waals surface area (Å²) in [6, 6.07) is 0.222. The summed E-state index contributed by atoms with van der Waals surface area (Å²) in [4.78, 5) is 36.1. The van der Waals surface area contributed by atoms with Gasteiger partial charge in [0.15, 0.2) is 22.8 Å². The Hall–Kier alpha value is -2.55. The van der Waals surface area contributed by atoms with E-state index >= 15 is 0 Å². The number of hydrogen-bond acceptors (Lipinski definition) is 7. The average molecular weight is 442 g/mol. The Kier molecular flexibility index (Phi) is 5.72. The van der Waals surface area contributed by atoms with Crippen molar-refractivity contribution in [1.29, 1.82) is 0 Å². The highest BCUT2D eigenvalue weighted by molar-refractivity contribution is 7.15. The number of carbonyl (C=O) groups is 1. The number of imidazole rings is 1.